The summed E-state index contributed by atoms with van der Waals surface area (Å²) in [5.74, 6) is 0.764. The first kappa shape index (κ1) is 13.7. The van der Waals surface area contributed by atoms with Gasteiger partial charge in [0.05, 0.1) is 7.11 Å². The van der Waals surface area contributed by atoms with Crippen molar-refractivity contribution < 1.29 is 9.84 Å². The lowest BCUT2D eigenvalue weighted by Crippen LogP contribution is -2.46. The molecule has 2 bridgehead atoms. The molecule has 110 valence electrons. The van der Waals surface area contributed by atoms with Gasteiger partial charge in [0.15, 0.2) is 11.5 Å². The number of methoxy groups -OCH3 is 1. The number of phenols is 1. The fourth-order valence-corrected chi connectivity index (χ4v) is 3.64. The molecule has 0 aromatic heterocycles. The molecule has 4 nitrogen and oxygen atoms in total. The molecule has 0 radical (unpaired) electrons. The third-order valence-electron chi connectivity index (χ3n) is 4.75. The third kappa shape index (κ3) is 2.76. The summed E-state index contributed by atoms with van der Waals surface area (Å²) in [4.78, 5) is 2.42. The molecule has 2 fully saturated rings. The summed E-state index contributed by atoms with van der Waals surface area (Å²) in [6.07, 6.45) is 5.15. The molecular formula is C16H24N2O2. The molecule has 0 saturated carbocycles. The van der Waals surface area contributed by atoms with Gasteiger partial charge in [-0.15, -0.1) is 0 Å². The van der Waals surface area contributed by atoms with Gasteiger partial charge in [0.2, 0.25) is 0 Å². The predicted molar refractivity (Wildman–Crippen MR) is 79.1 cm³/mol. The molecule has 1 aromatic carbocycles. The molecule has 0 aliphatic carbocycles. The van der Waals surface area contributed by atoms with E-state index in [4.69, 9.17) is 4.74 Å². The average Bonchev–Trinajstić information content (AvgIpc) is 2.77. The highest BCUT2D eigenvalue weighted by Crippen LogP contribution is 2.31. The van der Waals surface area contributed by atoms with Crippen molar-refractivity contribution in [1.82, 2.24) is 10.2 Å². The summed E-state index contributed by atoms with van der Waals surface area (Å²) in [5, 5.41) is 13.5. The molecule has 2 saturated heterocycles. The Kier molecular flexibility index (Phi) is 3.85. The number of ether oxygens (including phenoxy) is 1. The van der Waals surface area contributed by atoms with E-state index < -0.39 is 0 Å². The molecule has 2 atom stereocenters. The predicted octanol–water partition coefficient (Wildman–Crippen LogP) is 2.12. The summed E-state index contributed by atoms with van der Waals surface area (Å²) in [5.41, 5.74) is 1.14. The second-order valence-corrected chi connectivity index (χ2v) is 6.18. The molecule has 0 spiro atoms. The fourth-order valence-electron chi connectivity index (χ4n) is 3.64. The van der Waals surface area contributed by atoms with Crippen molar-refractivity contribution in [1.29, 1.82) is 0 Å². The zero-order valence-corrected chi connectivity index (χ0v) is 12.3. The Morgan fingerprint density at radius 2 is 2.00 bits per heavy atom. The van der Waals surface area contributed by atoms with E-state index in [0.717, 1.165) is 12.1 Å². The fraction of sp³-hybridized carbons (Fsp3) is 0.625. The number of phenolic OH excluding ortho intramolecular Hbond substituents is 1. The standard InChI is InChI=1S/C16H24N2O2/c1-18(14-8-12-4-5-13(9-14)17-12)10-11-3-6-16(20-2)15(19)7-11/h3,6-7,12-14,17,19H,4-5,8-10H2,1-2H3. The van der Waals surface area contributed by atoms with E-state index in [0.29, 0.717) is 23.9 Å². The normalized spacial score (nSPS) is 28.9. The molecular weight excluding hydrogens is 252 g/mol. The van der Waals surface area contributed by atoms with Gasteiger partial charge in [-0.25, -0.2) is 0 Å². The lowest BCUT2D eigenvalue weighted by atomic mass is 9.98. The van der Waals surface area contributed by atoms with E-state index in [1.807, 2.05) is 18.2 Å². The van der Waals surface area contributed by atoms with Gasteiger partial charge in [0.1, 0.15) is 0 Å². The summed E-state index contributed by atoms with van der Waals surface area (Å²) >= 11 is 0. The molecule has 3 rings (SSSR count). The number of hydrogen-bond donors (Lipinski definition) is 2. The lowest BCUT2D eigenvalue weighted by molar-refractivity contribution is 0.166. The Morgan fingerprint density at radius 1 is 1.30 bits per heavy atom. The van der Waals surface area contributed by atoms with Crippen LogP contribution in [0, 0.1) is 0 Å². The molecule has 2 heterocycles. The van der Waals surface area contributed by atoms with Gasteiger partial charge < -0.3 is 15.2 Å². The number of piperidine rings is 1. The lowest BCUT2D eigenvalue weighted by Gasteiger charge is -2.35. The van der Waals surface area contributed by atoms with Gasteiger partial charge in [-0.3, -0.25) is 4.90 Å². The number of rotatable bonds is 4. The molecule has 2 unspecified atom stereocenters. The third-order valence-corrected chi connectivity index (χ3v) is 4.75. The van der Waals surface area contributed by atoms with Crippen LogP contribution < -0.4 is 10.1 Å². The van der Waals surface area contributed by atoms with Crippen LogP contribution in [-0.4, -0.2) is 42.3 Å². The van der Waals surface area contributed by atoms with E-state index in [-0.39, 0.29) is 5.75 Å². The zero-order chi connectivity index (χ0) is 14.1. The van der Waals surface area contributed by atoms with Crippen molar-refractivity contribution in [3.05, 3.63) is 23.8 Å². The van der Waals surface area contributed by atoms with Crippen molar-refractivity contribution in [2.75, 3.05) is 14.2 Å². The topological polar surface area (TPSA) is 44.7 Å². The van der Waals surface area contributed by atoms with Crippen molar-refractivity contribution >= 4 is 0 Å². The van der Waals surface area contributed by atoms with Crippen molar-refractivity contribution in [3.8, 4) is 11.5 Å². The average molecular weight is 276 g/mol. The number of nitrogens with one attached hydrogen (secondary N) is 1. The second kappa shape index (κ2) is 5.62. The van der Waals surface area contributed by atoms with Crippen molar-refractivity contribution in [2.24, 2.45) is 0 Å². The van der Waals surface area contributed by atoms with Gasteiger partial charge >= 0.3 is 0 Å². The van der Waals surface area contributed by atoms with Gasteiger partial charge in [0, 0.05) is 24.7 Å². The largest absolute Gasteiger partial charge is 0.504 e. The highest BCUT2D eigenvalue weighted by molar-refractivity contribution is 5.41. The molecule has 2 aliphatic heterocycles. The maximum absolute atomic E-state index is 9.86. The van der Waals surface area contributed by atoms with Crippen LogP contribution in [-0.2, 0) is 6.54 Å². The smallest absolute Gasteiger partial charge is 0.160 e. The maximum atomic E-state index is 9.86. The van der Waals surface area contributed by atoms with Gasteiger partial charge in [0.25, 0.3) is 0 Å². The minimum absolute atomic E-state index is 0.226. The number of nitrogens with zero attached hydrogens (tertiary/aromatic N) is 1. The van der Waals surface area contributed by atoms with E-state index in [1.165, 1.54) is 25.7 Å². The van der Waals surface area contributed by atoms with Gasteiger partial charge in [-0.1, -0.05) is 6.07 Å². The van der Waals surface area contributed by atoms with Crippen LogP contribution in [0.2, 0.25) is 0 Å². The Labute approximate surface area is 120 Å². The molecule has 1 aromatic rings. The van der Waals surface area contributed by atoms with Crippen LogP contribution in [0.5, 0.6) is 11.5 Å². The van der Waals surface area contributed by atoms with Crippen molar-refractivity contribution in [3.63, 3.8) is 0 Å². The van der Waals surface area contributed by atoms with Gasteiger partial charge in [-0.2, -0.15) is 0 Å². The number of fused-ring (bicyclic) bond motifs is 2. The summed E-state index contributed by atoms with van der Waals surface area (Å²) in [6.45, 7) is 0.877. The zero-order valence-electron chi connectivity index (χ0n) is 12.3. The van der Waals surface area contributed by atoms with Crippen LogP contribution in [0.4, 0.5) is 0 Å². The monoisotopic (exact) mass is 276 g/mol. The summed E-state index contributed by atoms with van der Waals surface area (Å²) < 4.78 is 5.09. The Hall–Kier alpha value is -1.26. The van der Waals surface area contributed by atoms with Crippen LogP contribution in [0.3, 0.4) is 0 Å². The van der Waals surface area contributed by atoms with Gasteiger partial charge in [-0.05, 0) is 50.4 Å². The van der Waals surface area contributed by atoms with E-state index in [1.54, 1.807) is 7.11 Å². The quantitative estimate of drug-likeness (QED) is 0.884. The van der Waals surface area contributed by atoms with E-state index >= 15 is 0 Å². The number of hydrogen-bond acceptors (Lipinski definition) is 4. The molecule has 0 amide bonds. The first-order chi connectivity index (χ1) is 9.65. The molecule has 20 heavy (non-hydrogen) atoms. The summed E-state index contributed by atoms with van der Waals surface area (Å²) in [7, 11) is 3.77. The van der Waals surface area contributed by atoms with Crippen LogP contribution in [0.25, 0.3) is 0 Å². The first-order valence-corrected chi connectivity index (χ1v) is 7.48. The van der Waals surface area contributed by atoms with Crippen molar-refractivity contribution in [2.45, 2.75) is 50.4 Å². The SMILES string of the molecule is COc1ccc(CN(C)C2CC3CCC(C2)N3)cc1O. The van der Waals surface area contributed by atoms with E-state index in [2.05, 4.69) is 17.3 Å². The molecule has 2 N–H and O–H groups in total. The number of aromatic hydroxyl groups is 1. The second-order valence-electron chi connectivity index (χ2n) is 6.18. The molecule has 4 heteroatoms. The van der Waals surface area contributed by atoms with Crippen LogP contribution >= 0.6 is 0 Å². The maximum Gasteiger partial charge on any atom is 0.160 e. The Bertz CT molecular complexity index is 466. The van der Waals surface area contributed by atoms with Crippen LogP contribution in [0.1, 0.15) is 31.2 Å². The number of benzene rings is 1. The minimum Gasteiger partial charge on any atom is -0.504 e. The highest BCUT2D eigenvalue weighted by Gasteiger charge is 2.34. The Balaban J connectivity index is 1.63. The van der Waals surface area contributed by atoms with Crippen LogP contribution in [0.15, 0.2) is 18.2 Å². The molecule has 2 aliphatic rings. The first-order valence-electron chi connectivity index (χ1n) is 7.48. The van der Waals surface area contributed by atoms with E-state index in [9.17, 15) is 5.11 Å². The summed E-state index contributed by atoms with van der Waals surface area (Å²) in [6, 6.07) is 7.76. The minimum atomic E-state index is 0.226. The highest BCUT2D eigenvalue weighted by atomic mass is 16.5. The Morgan fingerprint density at radius 3 is 2.60 bits per heavy atom.